The molecule has 1 aromatic carbocycles. The Balaban J connectivity index is 2.00. The van der Waals surface area contributed by atoms with E-state index in [2.05, 4.69) is 15.6 Å². The Hall–Kier alpha value is -3.26. The largest absolute Gasteiger partial charge is 0.478 e. The lowest BCUT2D eigenvalue weighted by Crippen LogP contribution is -2.25. The fourth-order valence-electron chi connectivity index (χ4n) is 2.47. The van der Waals surface area contributed by atoms with Crippen LogP contribution in [0.15, 0.2) is 36.4 Å². The molecular weight excluding hydrogens is 362 g/mol. The molecule has 0 unspecified atom stereocenters. The zero-order valence-corrected chi connectivity index (χ0v) is 15.8. The summed E-state index contributed by atoms with van der Waals surface area (Å²) in [6, 6.07) is 9.22. The van der Waals surface area contributed by atoms with E-state index in [-0.39, 0.29) is 22.9 Å². The van der Waals surface area contributed by atoms with Gasteiger partial charge < -0.3 is 20.5 Å². The van der Waals surface area contributed by atoms with Gasteiger partial charge in [-0.3, -0.25) is 9.59 Å². The van der Waals surface area contributed by atoms with Gasteiger partial charge in [-0.1, -0.05) is 6.07 Å². The molecule has 0 aliphatic carbocycles. The van der Waals surface area contributed by atoms with Gasteiger partial charge in [-0.15, -0.1) is 0 Å². The number of carboxylic acid groups (broad SMARTS) is 1. The smallest absolute Gasteiger partial charge is 0.337 e. The van der Waals surface area contributed by atoms with Crippen LogP contribution in [-0.2, 0) is 4.74 Å². The third-order valence-electron chi connectivity index (χ3n) is 3.89. The highest BCUT2D eigenvalue weighted by atomic mass is 16.5. The number of anilines is 1. The fourth-order valence-corrected chi connectivity index (χ4v) is 2.47. The van der Waals surface area contributed by atoms with E-state index in [1.165, 1.54) is 19.1 Å². The monoisotopic (exact) mass is 385 g/mol. The summed E-state index contributed by atoms with van der Waals surface area (Å²) in [4.78, 5) is 39.6. The van der Waals surface area contributed by atoms with Crippen LogP contribution in [-0.4, -0.2) is 47.6 Å². The number of nitrogens with zero attached hydrogens (tertiary/aromatic N) is 1. The quantitative estimate of drug-likeness (QED) is 0.571. The number of hydrogen-bond acceptors (Lipinski definition) is 5. The molecule has 1 heterocycles. The molecule has 1 aromatic heterocycles. The number of ether oxygens (including phenoxy) is 1. The van der Waals surface area contributed by atoms with Crippen LogP contribution in [0.2, 0.25) is 0 Å². The fraction of sp³-hybridized carbons (Fsp3) is 0.300. The van der Waals surface area contributed by atoms with E-state index in [1.807, 2.05) is 6.92 Å². The minimum atomic E-state index is -1.10. The molecule has 8 nitrogen and oxygen atoms in total. The average Bonchev–Trinajstić information content (AvgIpc) is 2.67. The van der Waals surface area contributed by atoms with Crippen LogP contribution in [0.1, 0.15) is 50.2 Å². The highest BCUT2D eigenvalue weighted by Gasteiger charge is 2.14. The summed E-state index contributed by atoms with van der Waals surface area (Å²) in [7, 11) is 0. The summed E-state index contributed by atoms with van der Waals surface area (Å²) in [5.74, 6) is -1.83. The molecule has 3 N–H and O–H groups in total. The number of benzene rings is 1. The molecule has 148 valence electrons. The van der Waals surface area contributed by atoms with Crippen molar-refractivity contribution >= 4 is 23.5 Å². The summed E-state index contributed by atoms with van der Waals surface area (Å²) in [5.41, 5.74) is 1.24. The third-order valence-corrected chi connectivity index (χ3v) is 3.89. The van der Waals surface area contributed by atoms with Crippen molar-refractivity contribution in [3.05, 3.63) is 58.9 Å². The number of aromatic nitrogens is 1. The van der Waals surface area contributed by atoms with Crippen LogP contribution >= 0.6 is 0 Å². The van der Waals surface area contributed by atoms with Crippen molar-refractivity contribution < 1.29 is 24.2 Å². The number of rotatable bonds is 9. The van der Waals surface area contributed by atoms with Crippen molar-refractivity contribution in [1.29, 1.82) is 0 Å². The zero-order valence-electron chi connectivity index (χ0n) is 15.8. The molecule has 0 atom stereocenters. The van der Waals surface area contributed by atoms with Crippen molar-refractivity contribution in [1.82, 2.24) is 10.3 Å². The number of carbonyl (C=O) groups is 3. The molecule has 0 aliphatic heterocycles. The van der Waals surface area contributed by atoms with E-state index in [0.29, 0.717) is 37.4 Å². The summed E-state index contributed by atoms with van der Waals surface area (Å²) >= 11 is 0. The molecule has 2 rings (SSSR count). The SMILES string of the molecule is CCOCCCNC(=O)c1cccc(NC(=O)c2ccc(C(=O)O)c(C)n2)c1. The number of carboxylic acids is 1. The number of aromatic carboxylic acids is 1. The normalized spacial score (nSPS) is 10.4. The molecule has 2 aromatic rings. The van der Waals surface area contributed by atoms with Crippen LogP contribution < -0.4 is 10.6 Å². The lowest BCUT2D eigenvalue weighted by Gasteiger charge is -2.09. The van der Waals surface area contributed by atoms with Gasteiger partial charge in [-0.2, -0.15) is 0 Å². The van der Waals surface area contributed by atoms with E-state index in [1.54, 1.807) is 24.3 Å². The van der Waals surface area contributed by atoms with Crippen molar-refractivity contribution in [3.8, 4) is 0 Å². The summed E-state index contributed by atoms with van der Waals surface area (Å²) < 4.78 is 5.22. The predicted octanol–water partition coefficient (Wildman–Crippen LogP) is 2.50. The molecule has 0 bridgehead atoms. The highest BCUT2D eigenvalue weighted by Crippen LogP contribution is 2.13. The van der Waals surface area contributed by atoms with Crippen LogP contribution in [0.4, 0.5) is 5.69 Å². The second kappa shape index (κ2) is 10.2. The Morgan fingerprint density at radius 2 is 1.93 bits per heavy atom. The molecular formula is C20H23N3O5. The summed E-state index contributed by atoms with van der Waals surface area (Å²) in [5, 5.41) is 14.5. The Kier molecular flexibility index (Phi) is 7.65. The Bertz CT molecular complexity index is 867. The van der Waals surface area contributed by atoms with Gasteiger partial charge in [0.2, 0.25) is 0 Å². The van der Waals surface area contributed by atoms with Gasteiger partial charge in [0.25, 0.3) is 11.8 Å². The van der Waals surface area contributed by atoms with Gasteiger partial charge in [0.05, 0.1) is 11.3 Å². The first kappa shape index (κ1) is 21.0. The van der Waals surface area contributed by atoms with E-state index in [9.17, 15) is 14.4 Å². The molecule has 28 heavy (non-hydrogen) atoms. The van der Waals surface area contributed by atoms with Gasteiger partial charge in [-0.25, -0.2) is 9.78 Å². The first-order valence-corrected chi connectivity index (χ1v) is 8.90. The lowest BCUT2D eigenvalue weighted by atomic mass is 10.1. The first-order valence-electron chi connectivity index (χ1n) is 8.90. The van der Waals surface area contributed by atoms with E-state index < -0.39 is 11.9 Å². The Labute approximate surface area is 162 Å². The molecule has 0 saturated heterocycles. The van der Waals surface area contributed by atoms with E-state index in [0.717, 1.165) is 0 Å². The van der Waals surface area contributed by atoms with Crippen LogP contribution in [0.5, 0.6) is 0 Å². The second-order valence-electron chi connectivity index (χ2n) is 5.98. The molecule has 2 amide bonds. The van der Waals surface area contributed by atoms with Crippen molar-refractivity contribution in [2.45, 2.75) is 20.3 Å². The third kappa shape index (κ3) is 5.88. The van der Waals surface area contributed by atoms with E-state index >= 15 is 0 Å². The number of pyridine rings is 1. The first-order chi connectivity index (χ1) is 13.4. The van der Waals surface area contributed by atoms with Crippen LogP contribution in [0, 0.1) is 6.92 Å². The average molecular weight is 385 g/mol. The maximum atomic E-state index is 12.4. The molecule has 0 saturated carbocycles. The van der Waals surface area contributed by atoms with Crippen molar-refractivity contribution in [2.24, 2.45) is 0 Å². The van der Waals surface area contributed by atoms with E-state index in [4.69, 9.17) is 9.84 Å². The van der Waals surface area contributed by atoms with Gasteiger partial charge in [0, 0.05) is 31.0 Å². The minimum absolute atomic E-state index is 0.0413. The number of carbonyl (C=O) groups excluding carboxylic acids is 2. The molecule has 8 heteroatoms. The number of amides is 2. The topological polar surface area (TPSA) is 118 Å². The Morgan fingerprint density at radius 1 is 1.14 bits per heavy atom. The maximum absolute atomic E-state index is 12.4. The standard InChI is InChI=1S/C20H23N3O5/c1-3-28-11-5-10-21-18(24)14-6-4-7-15(12-14)23-19(25)17-9-8-16(20(26)27)13(2)22-17/h4,6-9,12H,3,5,10-11H2,1-2H3,(H,21,24)(H,23,25)(H,26,27). The van der Waals surface area contributed by atoms with Gasteiger partial charge in [-0.05, 0) is 50.6 Å². The molecule has 0 spiro atoms. The zero-order chi connectivity index (χ0) is 20.5. The molecule has 0 fully saturated rings. The Morgan fingerprint density at radius 3 is 2.61 bits per heavy atom. The molecule has 0 radical (unpaired) electrons. The number of hydrogen-bond donors (Lipinski definition) is 3. The van der Waals surface area contributed by atoms with Crippen molar-refractivity contribution in [2.75, 3.05) is 25.1 Å². The van der Waals surface area contributed by atoms with Crippen LogP contribution in [0.25, 0.3) is 0 Å². The number of aryl methyl sites for hydroxylation is 1. The van der Waals surface area contributed by atoms with Crippen LogP contribution in [0.3, 0.4) is 0 Å². The highest BCUT2D eigenvalue weighted by molar-refractivity contribution is 6.04. The maximum Gasteiger partial charge on any atom is 0.337 e. The predicted molar refractivity (Wildman–Crippen MR) is 104 cm³/mol. The summed E-state index contributed by atoms with van der Waals surface area (Å²) in [6.07, 6.45) is 0.716. The van der Waals surface area contributed by atoms with Gasteiger partial charge >= 0.3 is 5.97 Å². The second-order valence-corrected chi connectivity index (χ2v) is 5.98. The summed E-state index contributed by atoms with van der Waals surface area (Å²) in [6.45, 7) is 5.16. The number of nitrogens with one attached hydrogen (secondary N) is 2. The van der Waals surface area contributed by atoms with Gasteiger partial charge in [0.15, 0.2) is 0 Å². The lowest BCUT2D eigenvalue weighted by molar-refractivity contribution is 0.0694. The van der Waals surface area contributed by atoms with Crippen molar-refractivity contribution in [3.63, 3.8) is 0 Å². The minimum Gasteiger partial charge on any atom is -0.478 e. The molecule has 0 aliphatic rings. The van der Waals surface area contributed by atoms with Gasteiger partial charge in [0.1, 0.15) is 5.69 Å².